The Bertz CT molecular complexity index is 1410. The second-order valence-corrected chi connectivity index (χ2v) is 10.3. The first-order chi connectivity index (χ1) is 16.9. The molecule has 3 N–H and O–H groups in total. The Balaban J connectivity index is 1.57. The second-order valence-electron chi connectivity index (χ2n) is 8.22. The quantitative estimate of drug-likeness (QED) is 0.505. The fraction of sp³-hybridized carbons (Fsp3) is 0.200. The molecule has 2 heterocycles. The van der Waals surface area contributed by atoms with Crippen LogP contribution in [0.25, 0.3) is 11.1 Å². The van der Waals surface area contributed by atoms with Gasteiger partial charge in [0.2, 0.25) is 9.84 Å². The summed E-state index contributed by atoms with van der Waals surface area (Å²) in [7, 11) is -2.36. The number of hydrogen-bond acceptors (Lipinski definition) is 5. The number of carbonyl (C=O) groups excluding carboxylic acids is 2. The molecule has 1 atom stereocenters. The number of nitrogens with zero attached hydrogens (tertiary/aromatic N) is 1. The first-order valence-corrected chi connectivity index (χ1v) is 12.7. The third-order valence-corrected chi connectivity index (χ3v) is 8.19. The Kier molecular flexibility index (Phi) is 5.81. The van der Waals surface area contributed by atoms with Gasteiger partial charge in [-0.1, -0.05) is 42.5 Å². The van der Waals surface area contributed by atoms with Crippen LogP contribution in [0.2, 0.25) is 0 Å². The third-order valence-electron chi connectivity index (χ3n) is 6.20. The minimum atomic E-state index is -3.90. The lowest BCUT2D eigenvalue weighted by molar-refractivity contribution is 0.248. The number of carbonyl (C=O) groups is 2. The molecule has 0 spiro atoms. The molecule has 1 unspecified atom stereocenters. The zero-order valence-electron chi connectivity index (χ0n) is 18.9. The number of urea groups is 2. The maximum absolute atomic E-state index is 13.5. The molecule has 1 fully saturated rings. The molecular weight excluding hydrogens is 468 g/mol. The van der Waals surface area contributed by atoms with Crippen molar-refractivity contribution >= 4 is 33.3 Å². The van der Waals surface area contributed by atoms with Crippen LogP contribution in [0, 0.1) is 0 Å². The highest BCUT2D eigenvalue weighted by molar-refractivity contribution is 7.92. The monoisotopic (exact) mass is 492 g/mol. The number of fused-ring (bicyclic) bond motifs is 1. The molecule has 4 amide bonds. The fourth-order valence-corrected chi connectivity index (χ4v) is 6.19. The van der Waals surface area contributed by atoms with Crippen LogP contribution in [-0.2, 0) is 16.3 Å². The van der Waals surface area contributed by atoms with Crippen molar-refractivity contribution in [2.24, 2.45) is 0 Å². The molecule has 5 rings (SSSR count). The van der Waals surface area contributed by atoms with Gasteiger partial charge in [-0.25, -0.2) is 18.0 Å². The molecule has 1 saturated heterocycles. The summed E-state index contributed by atoms with van der Waals surface area (Å²) in [5.41, 5.74) is 3.23. The van der Waals surface area contributed by atoms with Gasteiger partial charge in [0.05, 0.1) is 24.2 Å². The molecule has 2 aliphatic rings. The molecule has 2 aliphatic heterocycles. The lowest BCUT2D eigenvalue weighted by Crippen LogP contribution is -2.35. The molecule has 3 aromatic carbocycles. The third kappa shape index (κ3) is 4.06. The van der Waals surface area contributed by atoms with Crippen molar-refractivity contribution in [3.63, 3.8) is 0 Å². The molecular formula is C25H24N4O5S. The average Bonchev–Trinajstić information content (AvgIpc) is 3.51. The Labute approximate surface area is 203 Å². The first-order valence-electron chi connectivity index (χ1n) is 11.1. The van der Waals surface area contributed by atoms with E-state index in [1.807, 2.05) is 36.4 Å². The van der Waals surface area contributed by atoms with Gasteiger partial charge in [-0.3, -0.25) is 4.90 Å². The van der Waals surface area contributed by atoms with Crippen molar-refractivity contribution in [2.45, 2.75) is 16.7 Å². The van der Waals surface area contributed by atoms with Gasteiger partial charge in [-0.05, 0) is 41.8 Å². The first kappa shape index (κ1) is 22.7. The van der Waals surface area contributed by atoms with Crippen LogP contribution in [0.1, 0.15) is 5.56 Å². The van der Waals surface area contributed by atoms with E-state index in [1.54, 1.807) is 29.2 Å². The number of hydrogen-bond donors (Lipinski definition) is 3. The summed E-state index contributed by atoms with van der Waals surface area (Å²) in [6.45, 7) is 0.376. The zero-order chi connectivity index (χ0) is 24.6. The van der Waals surface area contributed by atoms with Gasteiger partial charge < -0.3 is 20.7 Å². The summed E-state index contributed by atoms with van der Waals surface area (Å²) >= 11 is 0. The van der Waals surface area contributed by atoms with Gasteiger partial charge in [0, 0.05) is 17.8 Å². The van der Waals surface area contributed by atoms with E-state index >= 15 is 0 Å². The normalized spacial score (nSPS) is 16.9. The Hall–Kier alpha value is -4.05. The maximum Gasteiger partial charge on any atom is 0.326 e. The van der Waals surface area contributed by atoms with E-state index in [0.717, 1.165) is 11.1 Å². The van der Waals surface area contributed by atoms with Crippen molar-refractivity contribution in [1.29, 1.82) is 0 Å². The summed E-state index contributed by atoms with van der Waals surface area (Å²) in [4.78, 5) is 26.6. The standard InChI is InChI=1S/C25H24N4O5S/c1-34-20-10-6-5-9-18(20)27-25(31)29-14-13-17-19(29)11-12-21(23(17)16-7-3-2-4-8-16)35(32,33)22-15-26-24(30)28-22/h2-12,22H,13-15H2,1H3,(H,27,31)(H2,26,28,30). The smallest absolute Gasteiger partial charge is 0.326 e. The van der Waals surface area contributed by atoms with E-state index in [2.05, 4.69) is 16.0 Å². The van der Waals surface area contributed by atoms with Crippen LogP contribution in [0.15, 0.2) is 71.6 Å². The molecule has 3 aromatic rings. The highest BCUT2D eigenvalue weighted by Gasteiger charge is 2.38. The number of methoxy groups -OCH3 is 1. The maximum atomic E-state index is 13.5. The van der Waals surface area contributed by atoms with Crippen LogP contribution >= 0.6 is 0 Å². The van der Waals surface area contributed by atoms with Crippen LogP contribution < -0.4 is 25.6 Å². The lowest BCUT2D eigenvalue weighted by Gasteiger charge is -2.21. The predicted octanol–water partition coefficient (Wildman–Crippen LogP) is 3.37. The van der Waals surface area contributed by atoms with Crippen LogP contribution in [0.5, 0.6) is 5.75 Å². The molecule has 0 aromatic heterocycles. The van der Waals surface area contributed by atoms with Crippen molar-refractivity contribution in [2.75, 3.05) is 30.4 Å². The molecule has 0 bridgehead atoms. The largest absolute Gasteiger partial charge is 0.495 e. The summed E-state index contributed by atoms with van der Waals surface area (Å²) in [5.74, 6) is 0.541. The number of rotatable bonds is 5. The Morgan fingerprint density at radius 3 is 2.51 bits per heavy atom. The number of sulfone groups is 1. The lowest BCUT2D eigenvalue weighted by atomic mass is 9.98. The van der Waals surface area contributed by atoms with E-state index in [4.69, 9.17) is 4.74 Å². The van der Waals surface area contributed by atoms with Crippen molar-refractivity contribution in [1.82, 2.24) is 10.6 Å². The highest BCUT2D eigenvalue weighted by Crippen LogP contribution is 2.41. The highest BCUT2D eigenvalue weighted by atomic mass is 32.2. The number of benzene rings is 3. The minimum absolute atomic E-state index is 0.0140. The van der Waals surface area contributed by atoms with Crippen molar-refractivity contribution < 1.29 is 22.7 Å². The summed E-state index contributed by atoms with van der Waals surface area (Å²) in [6.07, 6.45) is 0.484. The number of nitrogens with one attached hydrogen (secondary N) is 3. The van der Waals surface area contributed by atoms with Crippen molar-refractivity contribution in [3.8, 4) is 16.9 Å². The van der Waals surface area contributed by atoms with Gasteiger partial charge in [-0.2, -0.15) is 0 Å². The summed E-state index contributed by atoms with van der Waals surface area (Å²) in [6, 6.07) is 18.7. The number of anilines is 2. The number of amides is 4. The van der Waals surface area contributed by atoms with E-state index in [-0.39, 0.29) is 17.5 Å². The van der Waals surface area contributed by atoms with Crippen molar-refractivity contribution in [3.05, 3.63) is 72.3 Å². The number of para-hydroxylation sites is 2. The molecule has 35 heavy (non-hydrogen) atoms. The second kappa shape index (κ2) is 8.95. The van der Waals surface area contributed by atoms with E-state index in [0.29, 0.717) is 35.7 Å². The van der Waals surface area contributed by atoms with E-state index in [1.165, 1.54) is 13.2 Å². The van der Waals surface area contributed by atoms with Gasteiger partial charge in [-0.15, -0.1) is 0 Å². The molecule has 9 nitrogen and oxygen atoms in total. The average molecular weight is 493 g/mol. The fourth-order valence-electron chi connectivity index (χ4n) is 4.54. The molecule has 0 aliphatic carbocycles. The summed E-state index contributed by atoms with van der Waals surface area (Å²) in [5, 5.41) is 6.81. The molecule has 0 radical (unpaired) electrons. The molecule has 10 heteroatoms. The van der Waals surface area contributed by atoms with Crippen LogP contribution in [0.3, 0.4) is 0 Å². The van der Waals surface area contributed by atoms with Gasteiger partial charge in [0.25, 0.3) is 0 Å². The zero-order valence-corrected chi connectivity index (χ0v) is 19.8. The summed E-state index contributed by atoms with van der Waals surface area (Å²) < 4.78 is 32.4. The predicted molar refractivity (Wildman–Crippen MR) is 132 cm³/mol. The van der Waals surface area contributed by atoms with E-state index < -0.39 is 21.2 Å². The van der Waals surface area contributed by atoms with Gasteiger partial charge >= 0.3 is 12.1 Å². The Morgan fingerprint density at radius 2 is 1.80 bits per heavy atom. The Morgan fingerprint density at radius 1 is 1.06 bits per heavy atom. The SMILES string of the molecule is COc1ccccc1NC(=O)N1CCc2c1ccc(S(=O)(=O)C1CNC(=O)N1)c2-c1ccccc1. The van der Waals surface area contributed by atoms with Crippen LogP contribution in [-0.4, -0.2) is 46.1 Å². The molecule has 180 valence electrons. The molecule has 0 saturated carbocycles. The minimum Gasteiger partial charge on any atom is -0.495 e. The van der Waals surface area contributed by atoms with Crippen LogP contribution in [0.4, 0.5) is 21.0 Å². The van der Waals surface area contributed by atoms with Gasteiger partial charge in [0.1, 0.15) is 5.75 Å². The topological polar surface area (TPSA) is 117 Å². The van der Waals surface area contributed by atoms with Gasteiger partial charge in [0.15, 0.2) is 5.37 Å². The van der Waals surface area contributed by atoms with E-state index in [9.17, 15) is 18.0 Å². The number of ether oxygens (including phenoxy) is 1.